The van der Waals surface area contributed by atoms with Crippen molar-refractivity contribution in [3.8, 4) is 16.9 Å². The number of halogens is 1. The Morgan fingerprint density at radius 3 is 2.39 bits per heavy atom. The van der Waals surface area contributed by atoms with E-state index in [2.05, 4.69) is 0 Å². The molecule has 0 fully saturated rings. The maximum atomic E-state index is 12.4. The lowest BCUT2D eigenvalue weighted by molar-refractivity contribution is -0.157. The minimum Gasteiger partial charge on any atom is -0.481 e. The van der Waals surface area contributed by atoms with Gasteiger partial charge in [0.2, 0.25) is 10.0 Å². The molecule has 0 spiro atoms. The van der Waals surface area contributed by atoms with Gasteiger partial charge in [0, 0.05) is 24.7 Å². The lowest BCUT2D eigenvalue weighted by Gasteiger charge is -2.20. The van der Waals surface area contributed by atoms with Gasteiger partial charge in [-0.05, 0) is 56.7 Å². The van der Waals surface area contributed by atoms with Crippen LogP contribution in [0.4, 0.5) is 0 Å². The van der Waals surface area contributed by atoms with E-state index in [0.29, 0.717) is 21.9 Å². The molecule has 0 aliphatic carbocycles. The number of rotatable bonds is 6. The van der Waals surface area contributed by atoms with Gasteiger partial charge in [0.15, 0.2) is 6.61 Å². The van der Waals surface area contributed by atoms with Gasteiger partial charge in [-0.1, -0.05) is 23.7 Å². The molecule has 2 aromatic rings. The molecule has 0 aliphatic rings. The van der Waals surface area contributed by atoms with E-state index in [4.69, 9.17) is 21.1 Å². The van der Waals surface area contributed by atoms with Crippen LogP contribution in [-0.4, -0.2) is 45.0 Å². The van der Waals surface area contributed by atoms with E-state index < -0.39 is 21.6 Å². The molecule has 2 rings (SSSR count). The van der Waals surface area contributed by atoms with E-state index in [1.54, 1.807) is 57.2 Å². The van der Waals surface area contributed by atoms with Crippen LogP contribution in [0.3, 0.4) is 0 Å². The second-order valence-corrected chi connectivity index (χ2v) is 9.92. The summed E-state index contributed by atoms with van der Waals surface area (Å²) in [5.41, 5.74) is 0.564. The number of carbonyl (C=O) groups excluding carboxylic acids is 1. The van der Waals surface area contributed by atoms with Crippen molar-refractivity contribution >= 4 is 27.6 Å². The highest BCUT2D eigenvalue weighted by atomic mass is 35.5. The molecule has 0 N–H and O–H groups in total. The summed E-state index contributed by atoms with van der Waals surface area (Å²) < 4.78 is 36.9. The van der Waals surface area contributed by atoms with Crippen LogP contribution in [0.1, 0.15) is 20.8 Å². The number of benzene rings is 2. The summed E-state index contributed by atoms with van der Waals surface area (Å²) in [7, 11) is -0.653. The van der Waals surface area contributed by atoms with Crippen molar-refractivity contribution in [1.29, 1.82) is 0 Å². The Kier molecular flexibility index (Phi) is 6.75. The van der Waals surface area contributed by atoms with E-state index in [1.807, 2.05) is 0 Å². The second-order valence-electron chi connectivity index (χ2n) is 7.33. The Labute approximate surface area is 171 Å². The number of esters is 1. The van der Waals surface area contributed by atoms with Gasteiger partial charge in [-0.15, -0.1) is 0 Å². The lowest BCUT2D eigenvalue weighted by atomic mass is 10.0. The summed E-state index contributed by atoms with van der Waals surface area (Å²) in [6.07, 6.45) is 0. The predicted octanol–water partition coefficient (Wildman–Crippen LogP) is 3.98. The van der Waals surface area contributed by atoms with Crippen molar-refractivity contribution in [3.05, 3.63) is 47.5 Å². The molecule has 0 unspecified atom stereocenters. The van der Waals surface area contributed by atoms with E-state index in [1.165, 1.54) is 20.2 Å². The van der Waals surface area contributed by atoms with Gasteiger partial charge in [-0.3, -0.25) is 0 Å². The number of carbonyl (C=O) groups is 1. The Morgan fingerprint density at radius 1 is 1.11 bits per heavy atom. The van der Waals surface area contributed by atoms with Crippen LogP contribution in [0.25, 0.3) is 11.1 Å². The van der Waals surface area contributed by atoms with Crippen molar-refractivity contribution in [3.63, 3.8) is 0 Å². The average Bonchev–Trinajstić information content (AvgIpc) is 2.59. The van der Waals surface area contributed by atoms with E-state index in [9.17, 15) is 13.2 Å². The summed E-state index contributed by atoms with van der Waals surface area (Å²) in [6, 6.07) is 11.4. The highest BCUT2D eigenvalue weighted by Crippen LogP contribution is 2.34. The van der Waals surface area contributed by atoms with Gasteiger partial charge in [0.05, 0.1) is 4.90 Å². The minimum absolute atomic E-state index is 0.146. The number of sulfonamides is 1. The molecule has 0 atom stereocenters. The van der Waals surface area contributed by atoms with Crippen molar-refractivity contribution in [2.75, 3.05) is 20.7 Å². The SMILES string of the molecule is CN(C)S(=O)(=O)c1cccc(-c2cc(Cl)ccc2OCC(=O)OC(C)(C)C)c1. The van der Waals surface area contributed by atoms with Crippen LogP contribution in [0.2, 0.25) is 5.02 Å². The zero-order chi connectivity index (χ0) is 21.1. The van der Waals surface area contributed by atoms with Crippen molar-refractivity contribution < 1.29 is 22.7 Å². The Balaban J connectivity index is 2.37. The lowest BCUT2D eigenvalue weighted by Crippen LogP contribution is -2.27. The molecule has 0 saturated heterocycles. The normalized spacial score (nSPS) is 12.1. The van der Waals surface area contributed by atoms with Gasteiger partial charge < -0.3 is 9.47 Å². The van der Waals surface area contributed by atoms with Crippen molar-refractivity contribution in [2.45, 2.75) is 31.3 Å². The average molecular weight is 426 g/mol. The molecule has 6 nitrogen and oxygen atoms in total. The molecule has 0 bridgehead atoms. The highest BCUT2D eigenvalue weighted by Gasteiger charge is 2.20. The number of nitrogens with zero attached hydrogens (tertiary/aromatic N) is 1. The van der Waals surface area contributed by atoms with E-state index in [-0.39, 0.29) is 11.5 Å². The molecule has 8 heteroatoms. The number of hydrogen-bond acceptors (Lipinski definition) is 5. The standard InChI is InChI=1S/C20H24ClNO5S/c1-20(2,3)27-19(23)13-26-18-10-9-15(21)12-17(18)14-7-6-8-16(11-14)28(24,25)22(4)5/h6-12H,13H2,1-5H3. The topological polar surface area (TPSA) is 72.9 Å². The molecule has 0 saturated carbocycles. The largest absolute Gasteiger partial charge is 0.481 e. The van der Waals surface area contributed by atoms with Gasteiger partial charge in [-0.2, -0.15) is 0 Å². The predicted molar refractivity (Wildman–Crippen MR) is 109 cm³/mol. The highest BCUT2D eigenvalue weighted by molar-refractivity contribution is 7.89. The maximum absolute atomic E-state index is 12.4. The fourth-order valence-electron chi connectivity index (χ4n) is 2.40. The fourth-order valence-corrected chi connectivity index (χ4v) is 3.52. The van der Waals surface area contributed by atoms with Crippen molar-refractivity contribution in [2.24, 2.45) is 0 Å². The summed E-state index contributed by atoms with van der Waals surface area (Å²) in [4.78, 5) is 12.1. The molecule has 0 radical (unpaired) electrons. The minimum atomic E-state index is -3.59. The first-order valence-corrected chi connectivity index (χ1v) is 10.4. The van der Waals surface area contributed by atoms with Crippen molar-refractivity contribution in [1.82, 2.24) is 4.31 Å². The monoisotopic (exact) mass is 425 g/mol. The molecule has 0 aliphatic heterocycles. The van der Waals surface area contributed by atoms with Crippen LogP contribution in [0, 0.1) is 0 Å². The first kappa shape index (κ1) is 22.2. The smallest absolute Gasteiger partial charge is 0.344 e. The van der Waals surface area contributed by atoms with Gasteiger partial charge >= 0.3 is 5.97 Å². The third kappa shape index (κ3) is 5.70. The third-order valence-corrected chi connectivity index (χ3v) is 5.68. The van der Waals surface area contributed by atoms with E-state index >= 15 is 0 Å². The third-order valence-electron chi connectivity index (χ3n) is 3.63. The van der Waals surface area contributed by atoms with Crippen LogP contribution < -0.4 is 4.74 Å². The molecule has 0 aromatic heterocycles. The van der Waals surface area contributed by atoms with Crippen LogP contribution in [-0.2, 0) is 19.6 Å². The summed E-state index contributed by atoms with van der Waals surface area (Å²) >= 11 is 6.12. The van der Waals surface area contributed by atoms with E-state index in [0.717, 1.165) is 4.31 Å². The number of ether oxygens (including phenoxy) is 2. The first-order chi connectivity index (χ1) is 12.9. The van der Waals surface area contributed by atoms with Gasteiger partial charge in [0.1, 0.15) is 11.4 Å². The van der Waals surface area contributed by atoms with Crippen LogP contribution in [0.15, 0.2) is 47.4 Å². The molecule has 0 amide bonds. The van der Waals surface area contributed by atoms with Gasteiger partial charge in [-0.25, -0.2) is 17.5 Å². The molecular formula is C20H24ClNO5S. The second kappa shape index (κ2) is 8.51. The Hall–Kier alpha value is -2.09. The maximum Gasteiger partial charge on any atom is 0.344 e. The summed E-state index contributed by atoms with van der Waals surface area (Å²) in [5.74, 6) is -0.105. The summed E-state index contributed by atoms with van der Waals surface area (Å²) in [5, 5.41) is 0.459. The fraction of sp³-hybridized carbons (Fsp3) is 0.350. The first-order valence-electron chi connectivity index (χ1n) is 8.57. The Bertz CT molecular complexity index is 965. The molecule has 2 aromatic carbocycles. The molecule has 28 heavy (non-hydrogen) atoms. The van der Waals surface area contributed by atoms with Gasteiger partial charge in [0.25, 0.3) is 0 Å². The zero-order valence-electron chi connectivity index (χ0n) is 16.5. The Morgan fingerprint density at radius 2 is 1.79 bits per heavy atom. The van der Waals surface area contributed by atoms with Crippen LogP contribution >= 0.6 is 11.6 Å². The molecule has 152 valence electrons. The zero-order valence-corrected chi connectivity index (χ0v) is 18.1. The van der Waals surface area contributed by atoms with Crippen LogP contribution in [0.5, 0.6) is 5.75 Å². The molecule has 0 heterocycles. The summed E-state index contributed by atoms with van der Waals surface area (Å²) in [6.45, 7) is 5.04. The number of hydrogen-bond donors (Lipinski definition) is 0. The molecular weight excluding hydrogens is 402 g/mol. The quantitative estimate of drug-likeness (QED) is 0.654.